The number of amides is 1. The number of hydrogen-bond donors (Lipinski definition) is 0. The Morgan fingerprint density at radius 1 is 1.10 bits per heavy atom. The number of rotatable bonds is 6. The van der Waals surface area contributed by atoms with Crippen molar-refractivity contribution in [2.75, 3.05) is 19.1 Å². The Kier molecular flexibility index (Phi) is 5.63. The van der Waals surface area contributed by atoms with E-state index in [1.54, 1.807) is 49.7 Å². The van der Waals surface area contributed by atoms with Crippen molar-refractivity contribution >= 4 is 32.6 Å². The third-order valence-electron chi connectivity index (χ3n) is 4.71. The highest BCUT2D eigenvalue weighted by molar-refractivity contribution is 7.22. The normalized spacial score (nSPS) is 10.8. The maximum atomic E-state index is 13.7. The van der Waals surface area contributed by atoms with Gasteiger partial charge in [0.15, 0.2) is 5.13 Å². The van der Waals surface area contributed by atoms with Crippen LogP contribution >= 0.6 is 11.3 Å². The van der Waals surface area contributed by atoms with Gasteiger partial charge in [-0.25, -0.2) is 4.98 Å². The first-order valence-electron chi connectivity index (χ1n) is 9.39. The topological polar surface area (TPSA) is 64.6 Å². The molecule has 2 aromatic heterocycles. The summed E-state index contributed by atoms with van der Waals surface area (Å²) >= 11 is 1.49. The average Bonchev–Trinajstić information content (AvgIpc) is 3.20. The van der Waals surface area contributed by atoms with Gasteiger partial charge in [0.25, 0.3) is 5.91 Å². The van der Waals surface area contributed by atoms with Crippen LogP contribution in [0.4, 0.5) is 5.13 Å². The van der Waals surface area contributed by atoms with Crippen molar-refractivity contribution in [3.8, 4) is 11.5 Å². The zero-order chi connectivity index (χ0) is 21.1. The molecule has 0 radical (unpaired) electrons. The molecule has 2 aromatic carbocycles. The lowest BCUT2D eigenvalue weighted by Gasteiger charge is -2.21. The van der Waals surface area contributed by atoms with E-state index in [0.717, 1.165) is 21.3 Å². The highest BCUT2D eigenvalue weighted by Gasteiger charge is 2.25. The molecule has 6 nitrogen and oxygen atoms in total. The molecule has 0 bridgehead atoms. The molecule has 7 heteroatoms. The van der Waals surface area contributed by atoms with Crippen LogP contribution in [-0.2, 0) is 6.54 Å². The Morgan fingerprint density at radius 2 is 1.97 bits per heavy atom. The van der Waals surface area contributed by atoms with Crippen molar-refractivity contribution in [3.05, 3.63) is 77.6 Å². The van der Waals surface area contributed by atoms with Crippen molar-refractivity contribution in [2.24, 2.45) is 0 Å². The third kappa shape index (κ3) is 3.97. The first-order chi connectivity index (χ1) is 14.6. The highest BCUT2D eigenvalue weighted by Crippen LogP contribution is 2.33. The fourth-order valence-corrected chi connectivity index (χ4v) is 4.22. The smallest absolute Gasteiger partial charge is 0.264 e. The van der Waals surface area contributed by atoms with Crippen LogP contribution in [0.1, 0.15) is 21.5 Å². The van der Waals surface area contributed by atoms with Gasteiger partial charge in [0.1, 0.15) is 11.5 Å². The molecule has 0 spiro atoms. The Labute approximate surface area is 178 Å². The van der Waals surface area contributed by atoms with Crippen LogP contribution < -0.4 is 14.4 Å². The lowest BCUT2D eigenvalue weighted by Crippen LogP contribution is -2.30. The van der Waals surface area contributed by atoms with Crippen molar-refractivity contribution in [1.82, 2.24) is 9.97 Å². The second-order valence-electron chi connectivity index (χ2n) is 6.79. The minimum Gasteiger partial charge on any atom is -0.497 e. The molecule has 0 N–H and O–H groups in total. The lowest BCUT2D eigenvalue weighted by molar-refractivity contribution is 0.0982. The van der Waals surface area contributed by atoms with Crippen molar-refractivity contribution in [3.63, 3.8) is 0 Å². The molecule has 4 rings (SSSR count). The quantitative estimate of drug-likeness (QED) is 0.446. The number of nitrogens with zero attached hydrogens (tertiary/aromatic N) is 3. The number of methoxy groups -OCH3 is 2. The van der Waals surface area contributed by atoms with E-state index >= 15 is 0 Å². The second-order valence-corrected chi connectivity index (χ2v) is 7.80. The summed E-state index contributed by atoms with van der Waals surface area (Å²) in [6, 6.07) is 15.1. The van der Waals surface area contributed by atoms with E-state index in [1.807, 2.05) is 31.2 Å². The van der Waals surface area contributed by atoms with Gasteiger partial charge in [-0.15, -0.1) is 0 Å². The van der Waals surface area contributed by atoms with Crippen LogP contribution in [0, 0.1) is 6.92 Å². The largest absolute Gasteiger partial charge is 0.497 e. The summed E-state index contributed by atoms with van der Waals surface area (Å²) in [5.74, 6) is 0.847. The van der Waals surface area contributed by atoms with Gasteiger partial charge < -0.3 is 9.47 Å². The average molecular weight is 420 g/mol. The standard InChI is InChI=1S/C23H21N3O3S/c1-15-6-8-19-21(11-15)30-23(25-19)26(14-16-5-4-10-24-13-16)22(27)18-12-17(28-2)7-9-20(18)29-3/h4-13H,14H2,1-3H3. The molecule has 0 fully saturated rings. The zero-order valence-electron chi connectivity index (χ0n) is 17.0. The molecule has 0 aliphatic heterocycles. The summed E-state index contributed by atoms with van der Waals surface area (Å²) in [6.07, 6.45) is 3.46. The summed E-state index contributed by atoms with van der Waals surface area (Å²) in [5, 5.41) is 0.620. The monoisotopic (exact) mass is 419 g/mol. The maximum Gasteiger partial charge on any atom is 0.264 e. The first-order valence-corrected chi connectivity index (χ1v) is 10.2. The van der Waals surface area contributed by atoms with E-state index in [2.05, 4.69) is 11.1 Å². The molecule has 0 atom stereocenters. The number of benzene rings is 2. The Morgan fingerprint density at radius 3 is 2.70 bits per heavy atom. The van der Waals surface area contributed by atoms with Crippen LogP contribution in [0.5, 0.6) is 11.5 Å². The number of carbonyl (C=O) groups is 1. The molecule has 0 saturated heterocycles. The molecule has 0 unspecified atom stereocenters. The minimum atomic E-state index is -0.217. The van der Waals surface area contributed by atoms with Gasteiger partial charge in [-0.1, -0.05) is 23.5 Å². The summed E-state index contributed by atoms with van der Waals surface area (Å²) in [5.41, 5.74) is 3.33. The highest BCUT2D eigenvalue weighted by atomic mass is 32.1. The summed E-state index contributed by atoms with van der Waals surface area (Å²) < 4.78 is 11.8. The molecular formula is C23H21N3O3S. The van der Waals surface area contributed by atoms with Gasteiger partial charge in [0.2, 0.25) is 0 Å². The lowest BCUT2D eigenvalue weighted by atomic mass is 10.1. The SMILES string of the molecule is COc1ccc(OC)c(C(=O)N(Cc2cccnc2)c2nc3ccc(C)cc3s2)c1. The number of ether oxygens (including phenoxy) is 2. The molecule has 0 aliphatic carbocycles. The maximum absolute atomic E-state index is 13.7. The van der Waals surface area contributed by atoms with E-state index in [9.17, 15) is 4.79 Å². The van der Waals surface area contributed by atoms with E-state index in [1.165, 1.54) is 11.3 Å². The van der Waals surface area contributed by atoms with Crippen LogP contribution in [0.3, 0.4) is 0 Å². The van der Waals surface area contributed by atoms with Gasteiger partial charge in [-0.2, -0.15) is 0 Å². The molecule has 30 heavy (non-hydrogen) atoms. The van der Waals surface area contributed by atoms with Gasteiger partial charge >= 0.3 is 0 Å². The minimum absolute atomic E-state index is 0.217. The van der Waals surface area contributed by atoms with Gasteiger partial charge in [-0.05, 0) is 54.4 Å². The number of hydrogen-bond acceptors (Lipinski definition) is 6. The van der Waals surface area contributed by atoms with Crippen molar-refractivity contribution < 1.29 is 14.3 Å². The Balaban J connectivity index is 1.81. The van der Waals surface area contributed by atoms with Gasteiger partial charge in [-0.3, -0.25) is 14.7 Å². The molecule has 2 heterocycles. The number of thiazole rings is 1. The van der Waals surface area contributed by atoms with Crippen LogP contribution in [0.25, 0.3) is 10.2 Å². The number of pyridine rings is 1. The van der Waals surface area contributed by atoms with Gasteiger partial charge in [0, 0.05) is 12.4 Å². The molecule has 0 aliphatic rings. The van der Waals surface area contributed by atoms with E-state index in [0.29, 0.717) is 28.7 Å². The van der Waals surface area contributed by atoms with Crippen molar-refractivity contribution in [2.45, 2.75) is 13.5 Å². The molecule has 1 amide bonds. The Bertz CT molecular complexity index is 1190. The number of aromatic nitrogens is 2. The zero-order valence-corrected chi connectivity index (χ0v) is 17.8. The summed E-state index contributed by atoms with van der Waals surface area (Å²) in [4.78, 5) is 24.2. The molecule has 152 valence electrons. The number of carbonyl (C=O) groups excluding carboxylic acids is 1. The predicted octanol–water partition coefficient (Wildman–Crippen LogP) is 4.86. The first kappa shape index (κ1) is 19.8. The van der Waals surface area contributed by atoms with Crippen molar-refractivity contribution in [1.29, 1.82) is 0 Å². The van der Waals surface area contributed by atoms with Crippen LogP contribution in [0.15, 0.2) is 60.9 Å². The summed E-state index contributed by atoms with van der Waals surface area (Å²) in [7, 11) is 3.11. The molecule has 0 saturated carbocycles. The number of fused-ring (bicyclic) bond motifs is 1. The van der Waals surface area contributed by atoms with Gasteiger partial charge in [0.05, 0.1) is 36.5 Å². The van der Waals surface area contributed by atoms with E-state index < -0.39 is 0 Å². The summed E-state index contributed by atoms with van der Waals surface area (Å²) in [6.45, 7) is 2.38. The van der Waals surface area contributed by atoms with E-state index in [-0.39, 0.29) is 5.91 Å². The number of anilines is 1. The fraction of sp³-hybridized carbons (Fsp3) is 0.174. The molecular weight excluding hydrogens is 398 g/mol. The molecule has 4 aromatic rings. The second kappa shape index (κ2) is 8.51. The van der Waals surface area contributed by atoms with Crippen LogP contribution in [-0.4, -0.2) is 30.1 Å². The predicted molar refractivity (Wildman–Crippen MR) is 119 cm³/mol. The van der Waals surface area contributed by atoms with Crippen LogP contribution in [0.2, 0.25) is 0 Å². The fourth-order valence-electron chi connectivity index (χ4n) is 3.16. The third-order valence-corrected chi connectivity index (χ3v) is 5.75. The number of aryl methyl sites for hydroxylation is 1. The van der Waals surface area contributed by atoms with E-state index in [4.69, 9.17) is 14.5 Å². The Hall–Kier alpha value is -3.45.